The molecule has 6 nitrogen and oxygen atoms in total. The predicted molar refractivity (Wildman–Crippen MR) is 70.4 cm³/mol. The molecule has 2 aliphatic rings. The van der Waals surface area contributed by atoms with Gasteiger partial charge in [-0.3, -0.25) is 9.59 Å². The summed E-state index contributed by atoms with van der Waals surface area (Å²) in [5.74, 6) is 0.0459. The molecule has 6 heteroatoms. The van der Waals surface area contributed by atoms with Crippen LogP contribution in [0.3, 0.4) is 0 Å². The summed E-state index contributed by atoms with van der Waals surface area (Å²) in [7, 11) is 0. The molecule has 19 heavy (non-hydrogen) atoms. The van der Waals surface area contributed by atoms with E-state index in [2.05, 4.69) is 5.32 Å². The van der Waals surface area contributed by atoms with Gasteiger partial charge in [-0.1, -0.05) is 0 Å². The lowest BCUT2D eigenvalue weighted by Gasteiger charge is -2.33. The number of nitrogens with zero attached hydrogens (tertiary/aromatic N) is 1. The third kappa shape index (κ3) is 3.91. The van der Waals surface area contributed by atoms with E-state index < -0.39 is 0 Å². The van der Waals surface area contributed by atoms with E-state index in [0.717, 1.165) is 32.4 Å². The Bertz CT molecular complexity index is 327. The molecule has 1 atom stereocenters. The summed E-state index contributed by atoms with van der Waals surface area (Å²) in [5.41, 5.74) is 5.42. The normalized spacial score (nSPS) is 24.6. The Hall–Kier alpha value is -1.14. The van der Waals surface area contributed by atoms with Gasteiger partial charge in [0, 0.05) is 26.1 Å². The van der Waals surface area contributed by atoms with Gasteiger partial charge in [0.25, 0.3) is 0 Å². The fraction of sp³-hybridized carbons (Fsp3) is 0.846. The van der Waals surface area contributed by atoms with Crippen molar-refractivity contribution in [1.29, 1.82) is 0 Å². The number of nitrogens with one attached hydrogen (secondary N) is 1. The number of rotatable bonds is 5. The highest BCUT2D eigenvalue weighted by molar-refractivity contribution is 5.90. The van der Waals surface area contributed by atoms with Gasteiger partial charge >= 0.3 is 0 Å². The molecule has 0 aromatic heterocycles. The number of hydrogen-bond acceptors (Lipinski definition) is 4. The topological polar surface area (TPSA) is 84.7 Å². The second-order valence-electron chi connectivity index (χ2n) is 5.20. The predicted octanol–water partition coefficient (Wildman–Crippen LogP) is -0.379. The monoisotopic (exact) mass is 269 g/mol. The number of amides is 2. The van der Waals surface area contributed by atoms with Gasteiger partial charge < -0.3 is 20.7 Å². The van der Waals surface area contributed by atoms with Crippen LogP contribution in [-0.2, 0) is 14.3 Å². The molecule has 2 heterocycles. The summed E-state index contributed by atoms with van der Waals surface area (Å²) < 4.78 is 5.71. The lowest BCUT2D eigenvalue weighted by Crippen LogP contribution is -2.48. The number of hydrogen-bond donors (Lipinski definition) is 2. The van der Waals surface area contributed by atoms with Crippen LogP contribution in [0.15, 0.2) is 0 Å². The Balaban J connectivity index is 1.70. The molecule has 0 aromatic rings. The molecule has 0 spiro atoms. The number of nitrogens with two attached hydrogens (primary N) is 1. The summed E-state index contributed by atoms with van der Waals surface area (Å²) in [6.07, 6.45) is 3.97. The van der Waals surface area contributed by atoms with E-state index in [4.69, 9.17) is 10.5 Å². The number of ether oxygens (including phenoxy) is 1. The van der Waals surface area contributed by atoms with Crippen molar-refractivity contribution in [3.8, 4) is 0 Å². The van der Waals surface area contributed by atoms with E-state index in [0.29, 0.717) is 26.0 Å². The Morgan fingerprint density at radius 2 is 2.11 bits per heavy atom. The van der Waals surface area contributed by atoms with Gasteiger partial charge in [-0.25, -0.2) is 0 Å². The Morgan fingerprint density at radius 3 is 2.68 bits per heavy atom. The highest BCUT2D eigenvalue weighted by atomic mass is 16.5. The summed E-state index contributed by atoms with van der Waals surface area (Å²) in [4.78, 5) is 25.1. The summed E-state index contributed by atoms with van der Waals surface area (Å²) in [5, 5.41) is 2.73. The highest BCUT2D eigenvalue weighted by Crippen LogP contribution is 2.17. The van der Waals surface area contributed by atoms with Crippen LogP contribution in [-0.4, -0.2) is 55.1 Å². The van der Waals surface area contributed by atoms with Crippen molar-refractivity contribution in [1.82, 2.24) is 10.2 Å². The van der Waals surface area contributed by atoms with E-state index in [1.807, 2.05) is 4.90 Å². The maximum Gasteiger partial charge on any atom is 0.245 e. The van der Waals surface area contributed by atoms with E-state index in [9.17, 15) is 9.59 Å². The molecule has 2 amide bonds. The van der Waals surface area contributed by atoms with Crippen molar-refractivity contribution in [3.05, 3.63) is 0 Å². The fourth-order valence-electron chi connectivity index (χ4n) is 2.60. The number of likely N-dealkylation sites (tertiary alicyclic amines) is 1. The lowest BCUT2D eigenvalue weighted by molar-refractivity contribution is -0.136. The van der Waals surface area contributed by atoms with Crippen LogP contribution in [0.4, 0.5) is 0 Å². The lowest BCUT2D eigenvalue weighted by atomic mass is 10.1. The van der Waals surface area contributed by atoms with Crippen LogP contribution >= 0.6 is 0 Å². The average molecular weight is 269 g/mol. The van der Waals surface area contributed by atoms with Gasteiger partial charge in [0.1, 0.15) is 6.04 Å². The van der Waals surface area contributed by atoms with Gasteiger partial charge in [-0.05, 0) is 32.2 Å². The zero-order valence-corrected chi connectivity index (χ0v) is 11.3. The molecule has 2 aliphatic heterocycles. The van der Waals surface area contributed by atoms with Crippen molar-refractivity contribution >= 4 is 11.8 Å². The molecule has 0 unspecified atom stereocenters. The third-order valence-corrected chi connectivity index (χ3v) is 3.75. The minimum Gasteiger partial charge on any atom is -0.378 e. The van der Waals surface area contributed by atoms with Crippen molar-refractivity contribution < 1.29 is 14.3 Å². The zero-order chi connectivity index (χ0) is 13.7. The zero-order valence-electron chi connectivity index (χ0n) is 11.3. The summed E-state index contributed by atoms with van der Waals surface area (Å²) in [6, 6.07) is -0.304. The molecule has 0 saturated carbocycles. The van der Waals surface area contributed by atoms with Crippen molar-refractivity contribution in [2.24, 2.45) is 5.73 Å². The molecule has 0 aliphatic carbocycles. The molecule has 0 aromatic carbocycles. The maximum absolute atomic E-state index is 12.2. The standard InChI is InChI=1S/C13H23N3O3/c14-6-1-9-19-10-4-7-16(8-5-10)13(18)11-2-3-12(17)15-11/h10-11H,1-9,14H2,(H,15,17)/t11-/m1/s1. The molecule has 0 bridgehead atoms. The van der Waals surface area contributed by atoms with Crippen LogP contribution in [0.5, 0.6) is 0 Å². The van der Waals surface area contributed by atoms with E-state index in [1.165, 1.54) is 0 Å². The highest BCUT2D eigenvalue weighted by Gasteiger charge is 2.32. The van der Waals surface area contributed by atoms with Gasteiger partial charge in [0.05, 0.1) is 6.10 Å². The fourth-order valence-corrected chi connectivity index (χ4v) is 2.60. The van der Waals surface area contributed by atoms with E-state index >= 15 is 0 Å². The van der Waals surface area contributed by atoms with Crippen LogP contribution in [0, 0.1) is 0 Å². The summed E-state index contributed by atoms with van der Waals surface area (Å²) >= 11 is 0. The first-order chi connectivity index (χ1) is 9.20. The third-order valence-electron chi connectivity index (χ3n) is 3.75. The van der Waals surface area contributed by atoms with E-state index in [1.54, 1.807) is 0 Å². The van der Waals surface area contributed by atoms with Gasteiger partial charge in [0.2, 0.25) is 11.8 Å². The first-order valence-electron chi connectivity index (χ1n) is 7.10. The molecule has 2 rings (SSSR count). The van der Waals surface area contributed by atoms with Crippen molar-refractivity contribution in [3.63, 3.8) is 0 Å². The first-order valence-corrected chi connectivity index (χ1v) is 7.10. The molecule has 2 saturated heterocycles. The molecule has 3 N–H and O–H groups in total. The summed E-state index contributed by atoms with van der Waals surface area (Å²) in [6.45, 7) is 2.80. The second kappa shape index (κ2) is 6.86. The van der Waals surface area contributed by atoms with E-state index in [-0.39, 0.29) is 24.0 Å². The second-order valence-corrected chi connectivity index (χ2v) is 5.20. The number of carbonyl (C=O) groups excluding carboxylic acids is 2. The first kappa shape index (κ1) is 14.3. The SMILES string of the molecule is NCCCOC1CCN(C(=O)[C@H]2CCC(=O)N2)CC1. The number of carbonyl (C=O) groups is 2. The minimum atomic E-state index is -0.304. The Kier molecular flexibility index (Phi) is 5.15. The van der Waals surface area contributed by atoms with Gasteiger partial charge in [-0.15, -0.1) is 0 Å². The van der Waals surface area contributed by atoms with Gasteiger partial charge in [0.15, 0.2) is 0 Å². The quantitative estimate of drug-likeness (QED) is 0.666. The molecule has 2 fully saturated rings. The maximum atomic E-state index is 12.2. The Morgan fingerprint density at radius 1 is 1.37 bits per heavy atom. The van der Waals surface area contributed by atoms with Crippen LogP contribution < -0.4 is 11.1 Å². The van der Waals surface area contributed by atoms with Crippen LogP contribution in [0.25, 0.3) is 0 Å². The van der Waals surface area contributed by atoms with Crippen LogP contribution in [0.1, 0.15) is 32.1 Å². The van der Waals surface area contributed by atoms with Crippen LogP contribution in [0.2, 0.25) is 0 Å². The number of piperidine rings is 1. The smallest absolute Gasteiger partial charge is 0.245 e. The van der Waals surface area contributed by atoms with Crippen molar-refractivity contribution in [2.75, 3.05) is 26.2 Å². The average Bonchev–Trinajstić information content (AvgIpc) is 2.86. The minimum absolute atomic E-state index is 0.0154. The molecule has 0 radical (unpaired) electrons. The van der Waals surface area contributed by atoms with Gasteiger partial charge in [-0.2, -0.15) is 0 Å². The largest absolute Gasteiger partial charge is 0.378 e. The molecular formula is C13H23N3O3. The Labute approximate surface area is 113 Å². The van der Waals surface area contributed by atoms with Crippen molar-refractivity contribution in [2.45, 2.75) is 44.2 Å². The molecular weight excluding hydrogens is 246 g/mol. The molecule has 108 valence electrons.